The molecule has 0 saturated heterocycles. The molecule has 0 spiro atoms. The molecule has 1 aromatic heterocycles. The summed E-state index contributed by atoms with van der Waals surface area (Å²) < 4.78 is 0.913. The molecule has 2 rings (SSSR count). The van der Waals surface area contributed by atoms with Crippen molar-refractivity contribution >= 4 is 27.7 Å². The Morgan fingerprint density at radius 1 is 1.22 bits per heavy atom. The fourth-order valence-corrected chi connectivity index (χ4v) is 1.59. The zero-order valence-corrected chi connectivity index (χ0v) is 10.8. The predicted molar refractivity (Wildman–Crippen MR) is 71.0 cm³/mol. The van der Waals surface area contributed by atoms with Gasteiger partial charge in [0.15, 0.2) is 0 Å². The van der Waals surface area contributed by atoms with Crippen molar-refractivity contribution in [1.29, 1.82) is 5.26 Å². The molecule has 0 fully saturated rings. The number of nitrogens with zero attached hydrogens (tertiary/aromatic N) is 2. The number of anilines is 1. The molecule has 0 bridgehead atoms. The van der Waals surface area contributed by atoms with Crippen LogP contribution in [0.25, 0.3) is 0 Å². The first kappa shape index (κ1) is 12.3. The second-order valence-corrected chi connectivity index (χ2v) is 4.42. The Morgan fingerprint density at radius 2 is 1.94 bits per heavy atom. The summed E-state index contributed by atoms with van der Waals surface area (Å²) >= 11 is 3.30. The number of amides is 1. The normalized spacial score (nSPS) is 9.56. The van der Waals surface area contributed by atoms with E-state index in [1.54, 1.807) is 36.4 Å². The van der Waals surface area contributed by atoms with Crippen LogP contribution < -0.4 is 5.32 Å². The van der Waals surface area contributed by atoms with Crippen molar-refractivity contribution in [2.75, 3.05) is 5.32 Å². The third-order valence-electron chi connectivity index (χ3n) is 2.24. The second kappa shape index (κ2) is 5.43. The van der Waals surface area contributed by atoms with Crippen LogP contribution in [0, 0.1) is 11.3 Å². The van der Waals surface area contributed by atoms with Gasteiger partial charge in [0.05, 0.1) is 5.56 Å². The van der Waals surface area contributed by atoms with Gasteiger partial charge < -0.3 is 5.32 Å². The molecule has 1 amide bonds. The van der Waals surface area contributed by atoms with E-state index in [1.165, 1.54) is 6.20 Å². The molecule has 1 N–H and O–H groups in total. The van der Waals surface area contributed by atoms with E-state index in [9.17, 15) is 4.79 Å². The number of carbonyl (C=O) groups excluding carboxylic acids is 1. The molecule has 5 heteroatoms. The fourth-order valence-electron chi connectivity index (χ4n) is 1.32. The van der Waals surface area contributed by atoms with E-state index in [2.05, 4.69) is 26.2 Å². The van der Waals surface area contributed by atoms with E-state index in [0.717, 1.165) is 4.47 Å². The van der Waals surface area contributed by atoms with Gasteiger partial charge >= 0.3 is 0 Å². The summed E-state index contributed by atoms with van der Waals surface area (Å²) in [6.07, 6.45) is 1.41. The van der Waals surface area contributed by atoms with Gasteiger partial charge in [-0.2, -0.15) is 5.26 Å². The van der Waals surface area contributed by atoms with E-state index >= 15 is 0 Å². The maximum Gasteiger partial charge on any atom is 0.256 e. The number of rotatable bonds is 2. The maximum atomic E-state index is 11.8. The van der Waals surface area contributed by atoms with Crippen molar-refractivity contribution in [1.82, 2.24) is 4.98 Å². The van der Waals surface area contributed by atoms with Gasteiger partial charge in [0.1, 0.15) is 11.9 Å². The monoisotopic (exact) mass is 301 g/mol. The average Bonchev–Trinajstić information content (AvgIpc) is 2.40. The standard InChI is InChI=1S/C13H8BrN3O/c14-11-4-2-10(3-5-11)13(18)17-12-6-1-9(7-15)8-16-12/h1-6,8H,(H,16,17,18). The second-order valence-electron chi connectivity index (χ2n) is 3.50. The van der Waals surface area contributed by atoms with Gasteiger partial charge in [-0.3, -0.25) is 4.79 Å². The Hall–Kier alpha value is -2.19. The first-order valence-electron chi connectivity index (χ1n) is 5.12. The van der Waals surface area contributed by atoms with Gasteiger partial charge in [0, 0.05) is 16.2 Å². The molecule has 1 heterocycles. The van der Waals surface area contributed by atoms with E-state index in [4.69, 9.17) is 5.26 Å². The highest BCUT2D eigenvalue weighted by Gasteiger charge is 2.06. The summed E-state index contributed by atoms with van der Waals surface area (Å²) in [6.45, 7) is 0. The molecular formula is C13H8BrN3O. The SMILES string of the molecule is N#Cc1ccc(NC(=O)c2ccc(Br)cc2)nc1. The number of benzene rings is 1. The Balaban J connectivity index is 2.11. The van der Waals surface area contributed by atoms with Gasteiger partial charge in [0.25, 0.3) is 5.91 Å². The minimum absolute atomic E-state index is 0.236. The maximum absolute atomic E-state index is 11.8. The lowest BCUT2D eigenvalue weighted by Crippen LogP contribution is -2.12. The molecule has 1 aromatic carbocycles. The number of hydrogen-bond donors (Lipinski definition) is 1. The van der Waals surface area contributed by atoms with Gasteiger partial charge in [-0.1, -0.05) is 15.9 Å². The van der Waals surface area contributed by atoms with Crippen LogP contribution >= 0.6 is 15.9 Å². The highest BCUT2D eigenvalue weighted by atomic mass is 79.9. The molecule has 0 aliphatic carbocycles. The summed E-state index contributed by atoms with van der Waals surface area (Å²) in [4.78, 5) is 15.8. The largest absolute Gasteiger partial charge is 0.307 e. The zero-order chi connectivity index (χ0) is 13.0. The van der Waals surface area contributed by atoms with Gasteiger partial charge in [-0.15, -0.1) is 0 Å². The molecule has 2 aromatic rings. The molecular weight excluding hydrogens is 294 g/mol. The first-order valence-corrected chi connectivity index (χ1v) is 5.91. The van der Waals surface area contributed by atoms with Gasteiger partial charge in [0.2, 0.25) is 0 Å². The van der Waals surface area contributed by atoms with Crippen LogP contribution in [0.3, 0.4) is 0 Å². The van der Waals surface area contributed by atoms with Crippen LogP contribution in [0.5, 0.6) is 0 Å². The molecule has 0 aliphatic heterocycles. The van der Waals surface area contributed by atoms with E-state index in [-0.39, 0.29) is 5.91 Å². The smallest absolute Gasteiger partial charge is 0.256 e. The van der Waals surface area contributed by atoms with Gasteiger partial charge in [-0.05, 0) is 36.4 Å². The average molecular weight is 302 g/mol. The van der Waals surface area contributed by atoms with Crippen molar-refractivity contribution < 1.29 is 4.79 Å². The van der Waals surface area contributed by atoms with E-state index < -0.39 is 0 Å². The van der Waals surface area contributed by atoms with Crippen LogP contribution in [0.4, 0.5) is 5.82 Å². The Bertz CT molecular complexity index is 600. The molecule has 0 saturated carbocycles. The van der Waals surface area contributed by atoms with Crippen LogP contribution in [0.1, 0.15) is 15.9 Å². The molecule has 0 unspecified atom stereocenters. The van der Waals surface area contributed by atoms with Crippen molar-refractivity contribution in [3.05, 3.63) is 58.2 Å². The summed E-state index contributed by atoms with van der Waals surface area (Å²) in [5.74, 6) is 0.182. The Morgan fingerprint density at radius 3 is 2.50 bits per heavy atom. The minimum Gasteiger partial charge on any atom is -0.307 e. The number of halogens is 1. The number of nitrogens with one attached hydrogen (secondary N) is 1. The zero-order valence-electron chi connectivity index (χ0n) is 9.22. The van der Waals surface area contributed by atoms with Crippen LogP contribution in [-0.4, -0.2) is 10.9 Å². The summed E-state index contributed by atoms with van der Waals surface area (Å²) in [7, 11) is 0. The molecule has 18 heavy (non-hydrogen) atoms. The molecule has 0 radical (unpaired) electrons. The quantitative estimate of drug-likeness (QED) is 0.927. The summed E-state index contributed by atoms with van der Waals surface area (Å²) in [5, 5.41) is 11.3. The number of nitriles is 1. The van der Waals surface area contributed by atoms with Crippen molar-refractivity contribution in [3.8, 4) is 6.07 Å². The highest BCUT2D eigenvalue weighted by Crippen LogP contribution is 2.12. The van der Waals surface area contributed by atoms with Crippen LogP contribution in [-0.2, 0) is 0 Å². The van der Waals surface area contributed by atoms with E-state index in [1.807, 2.05) is 6.07 Å². The lowest BCUT2D eigenvalue weighted by molar-refractivity contribution is 0.102. The third-order valence-corrected chi connectivity index (χ3v) is 2.77. The lowest BCUT2D eigenvalue weighted by atomic mass is 10.2. The Kier molecular flexibility index (Phi) is 3.70. The van der Waals surface area contributed by atoms with E-state index in [0.29, 0.717) is 16.9 Å². The minimum atomic E-state index is -0.236. The topological polar surface area (TPSA) is 65.8 Å². The number of carbonyl (C=O) groups is 1. The summed E-state index contributed by atoms with van der Waals surface area (Å²) in [6, 6.07) is 12.2. The molecule has 88 valence electrons. The molecule has 0 atom stereocenters. The number of pyridine rings is 1. The third kappa shape index (κ3) is 2.93. The number of hydrogen-bond acceptors (Lipinski definition) is 3. The van der Waals surface area contributed by atoms with Crippen molar-refractivity contribution in [3.63, 3.8) is 0 Å². The predicted octanol–water partition coefficient (Wildman–Crippen LogP) is 2.97. The summed E-state index contributed by atoms with van der Waals surface area (Å²) in [5.41, 5.74) is 1.00. The van der Waals surface area contributed by atoms with Crippen LogP contribution in [0.2, 0.25) is 0 Å². The molecule has 0 aliphatic rings. The lowest BCUT2D eigenvalue weighted by Gasteiger charge is -2.04. The molecule has 4 nitrogen and oxygen atoms in total. The first-order chi connectivity index (χ1) is 8.69. The van der Waals surface area contributed by atoms with Crippen molar-refractivity contribution in [2.45, 2.75) is 0 Å². The van der Waals surface area contributed by atoms with Gasteiger partial charge in [-0.25, -0.2) is 4.98 Å². The van der Waals surface area contributed by atoms with Crippen molar-refractivity contribution in [2.24, 2.45) is 0 Å². The fraction of sp³-hybridized carbons (Fsp3) is 0. The highest BCUT2D eigenvalue weighted by molar-refractivity contribution is 9.10. The van der Waals surface area contributed by atoms with Crippen LogP contribution in [0.15, 0.2) is 47.1 Å². The Labute approximate surface area is 112 Å². The number of aromatic nitrogens is 1.